The number of halogens is 1. The van der Waals surface area contributed by atoms with Gasteiger partial charge in [-0.25, -0.2) is 0 Å². The minimum atomic E-state index is -0.0654. The molecule has 0 aliphatic carbocycles. The second kappa shape index (κ2) is 7.33. The number of rotatable bonds is 4. The average molecular weight is 252 g/mol. The molecule has 1 fully saturated rings. The molecular formula is C9H18BrNO2. The number of carbonyl (C=O) groups is 1. The van der Waals surface area contributed by atoms with Gasteiger partial charge in [0, 0.05) is 6.54 Å². The lowest BCUT2D eigenvalue weighted by molar-refractivity contribution is -0.143. The van der Waals surface area contributed by atoms with Crippen molar-refractivity contribution in [3.8, 4) is 0 Å². The fourth-order valence-corrected chi connectivity index (χ4v) is 1.49. The maximum atomic E-state index is 11.0. The fourth-order valence-electron chi connectivity index (χ4n) is 1.49. The zero-order chi connectivity index (χ0) is 8.81. The lowest BCUT2D eigenvalue weighted by atomic mass is 10.4. The first-order valence-electron chi connectivity index (χ1n) is 4.71. The van der Waals surface area contributed by atoms with E-state index < -0.39 is 0 Å². The van der Waals surface area contributed by atoms with Crippen LogP contribution in [0.15, 0.2) is 0 Å². The molecule has 0 bridgehead atoms. The highest BCUT2D eigenvalue weighted by atomic mass is 79.9. The van der Waals surface area contributed by atoms with E-state index in [0.717, 1.165) is 19.6 Å². The zero-order valence-electron chi connectivity index (χ0n) is 8.12. The topological polar surface area (TPSA) is 29.5 Å². The van der Waals surface area contributed by atoms with Crippen LogP contribution in [0.1, 0.15) is 26.2 Å². The quantitative estimate of drug-likeness (QED) is 0.712. The first-order chi connectivity index (χ1) is 5.83. The lowest BCUT2D eigenvalue weighted by Crippen LogP contribution is -2.23. The number of carbonyl (C=O) groups excluding carboxylic acids is 1. The molecule has 4 heteroatoms. The molecule has 0 N–H and O–H groups in total. The molecule has 0 spiro atoms. The molecule has 0 aromatic heterocycles. The van der Waals surface area contributed by atoms with Crippen LogP contribution in [0, 0.1) is 0 Å². The lowest BCUT2D eigenvalue weighted by Gasteiger charge is -2.12. The summed E-state index contributed by atoms with van der Waals surface area (Å²) >= 11 is 0. The van der Waals surface area contributed by atoms with Gasteiger partial charge in [0.15, 0.2) is 0 Å². The molecule has 1 saturated heterocycles. The molecule has 0 atom stereocenters. The van der Waals surface area contributed by atoms with Crippen LogP contribution in [0.2, 0.25) is 0 Å². The second-order valence-electron chi connectivity index (χ2n) is 3.10. The van der Waals surface area contributed by atoms with Gasteiger partial charge in [-0.3, -0.25) is 4.79 Å². The first-order valence-corrected chi connectivity index (χ1v) is 4.71. The van der Waals surface area contributed by atoms with Crippen molar-refractivity contribution in [2.75, 3.05) is 26.2 Å². The summed E-state index contributed by atoms with van der Waals surface area (Å²) in [4.78, 5) is 13.3. The van der Waals surface area contributed by atoms with Crippen molar-refractivity contribution in [1.82, 2.24) is 4.90 Å². The van der Waals surface area contributed by atoms with E-state index in [1.165, 1.54) is 12.8 Å². The summed E-state index contributed by atoms with van der Waals surface area (Å²) in [5, 5.41) is 0. The van der Waals surface area contributed by atoms with Crippen molar-refractivity contribution in [1.29, 1.82) is 0 Å². The molecular weight excluding hydrogens is 234 g/mol. The van der Waals surface area contributed by atoms with E-state index in [-0.39, 0.29) is 23.0 Å². The summed E-state index contributed by atoms with van der Waals surface area (Å²) in [6, 6.07) is 0. The van der Waals surface area contributed by atoms with E-state index in [1.54, 1.807) is 0 Å². The number of esters is 1. The molecule has 1 heterocycles. The molecule has 3 nitrogen and oxygen atoms in total. The van der Waals surface area contributed by atoms with Crippen LogP contribution in [0.5, 0.6) is 0 Å². The Hall–Kier alpha value is -0.0900. The Morgan fingerprint density at radius 1 is 1.38 bits per heavy atom. The van der Waals surface area contributed by atoms with Crippen molar-refractivity contribution < 1.29 is 9.53 Å². The van der Waals surface area contributed by atoms with E-state index >= 15 is 0 Å². The summed E-state index contributed by atoms with van der Waals surface area (Å²) < 4.78 is 4.84. The zero-order valence-corrected chi connectivity index (χ0v) is 9.83. The third kappa shape index (κ3) is 5.26. The van der Waals surface area contributed by atoms with Crippen molar-refractivity contribution in [3.05, 3.63) is 0 Å². The minimum Gasteiger partial charge on any atom is -0.466 e. The molecule has 1 rings (SSSR count). The standard InChI is InChI=1S/C9H17NO2.BrH/c1-2-12-9(11)5-8-10-6-3-4-7-10;/h2-8H2,1H3;1H. The van der Waals surface area contributed by atoms with Gasteiger partial charge in [0.1, 0.15) is 0 Å². The van der Waals surface area contributed by atoms with E-state index in [1.807, 2.05) is 6.92 Å². The molecule has 1 aliphatic rings. The number of likely N-dealkylation sites (tertiary alicyclic amines) is 1. The van der Waals surface area contributed by atoms with Crippen LogP contribution in [0.25, 0.3) is 0 Å². The second-order valence-corrected chi connectivity index (χ2v) is 3.10. The number of ether oxygens (including phenoxy) is 1. The van der Waals surface area contributed by atoms with E-state index in [0.29, 0.717) is 13.0 Å². The number of nitrogens with zero attached hydrogens (tertiary/aromatic N) is 1. The maximum Gasteiger partial charge on any atom is 0.307 e. The van der Waals surface area contributed by atoms with E-state index in [2.05, 4.69) is 4.90 Å². The highest BCUT2D eigenvalue weighted by Gasteiger charge is 2.12. The maximum absolute atomic E-state index is 11.0. The average Bonchev–Trinajstić information content (AvgIpc) is 2.53. The highest BCUT2D eigenvalue weighted by molar-refractivity contribution is 8.93. The fraction of sp³-hybridized carbons (Fsp3) is 0.889. The Morgan fingerprint density at radius 3 is 2.54 bits per heavy atom. The molecule has 0 amide bonds. The molecule has 0 aromatic carbocycles. The molecule has 0 aromatic rings. The predicted molar refractivity (Wildman–Crippen MR) is 57.2 cm³/mol. The van der Waals surface area contributed by atoms with Crippen molar-refractivity contribution in [2.45, 2.75) is 26.2 Å². The Morgan fingerprint density at radius 2 is 2.00 bits per heavy atom. The third-order valence-electron chi connectivity index (χ3n) is 2.14. The van der Waals surface area contributed by atoms with Crippen LogP contribution in [-0.4, -0.2) is 37.1 Å². The van der Waals surface area contributed by atoms with Crippen LogP contribution < -0.4 is 0 Å². The van der Waals surface area contributed by atoms with Gasteiger partial charge in [0.25, 0.3) is 0 Å². The Kier molecular flexibility index (Phi) is 7.28. The van der Waals surface area contributed by atoms with E-state index in [9.17, 15) is 4.79 Å². The van der Waals surface area contributed by atoms with Crippen LogP contribution >= 0.6 is 17.0 Å². The third-order valence-corrected chi connectivity index (χ3v) is 2.14. The number of hydrogen-bond acceptors (Lipinski definition) is 3. The summed E-state index contributed by atoms with van der Waals surface area (Å²) in [6.07, 6.45) is 3.11. The predicted octanol–water partition coefficient (Wildman–Crippen LogP) is 1.61. The Labute approximate surface area is 90.2 Å². The Bertz CT molecular complexity index is 147. The van der Waals surface area contributed by atoms with Gasteiger partial charge in [-0.05, 0) is 32.9 Å². The van der Waals surface area contributed by atoms with Gasteiger partial charge in [0.2, 0.25) is 0 Å². The molecule has 0 unspecified atom stereocenters. The summed E-state index contributed by atoms with van der Waals surface area (Å²) in [7, 11) is 0. The summed E-state index contributed by atoms with van der Waals surface area (Å²) in [5.41, 5.74) is 0. The van der Waals surface area contributed by atoms with Gasteiger partial charge in [0.05, 0.1) is 13.0 Å². The van der Waals surface area contributed by atoms with Crippen LogP contribution in [0.4, 0.5) is 0 Å². The van der Waals surface area contributed by atoms with Gasteiger partial charge >= 0.3 is 5.97 Å². The highest BCUT2D eigenvalue weighted by Crippen LogP contribution is 2.07. The molecule has 13 heavy (non-hydrogen) atoms. The molecule has 78 valence electrons. The Balaban J connectivity index is 0.00000144. The van der Waals surface area contributed by atoms with Crippen LogP contribution in [-0.2, 0) is 9.53 Å². The minimum absolute atomic E-state index is 0. The molecule has 1 aliphatic heterocycles. The first kappa shape index (κ1) is 12.9. The van der Waals surface area contributed by atoms with Crippen LogP contribution in [0.3, 0.4) is 0 Å². The van der Waals surface area contributed by atoms with Gasteiger partial charge in [-0.1, -0.05) is 0 Å². The SMILES string of the molecule is Br.CCOC(=O)CCN1CCCC1. The normalized spacial score (nSPS) is 16.7. The largest absolute Gasteiger partial charge is 0.466 e. The molecule has 0 saturated carbocycles. The summed E-state index contributed by atoms with van der Waals surface area (Å²) in [5.74, 6) is -0.0654. The van der Waals surface area contributed by atoms with E-state index in [4.69, 9.17) is 4.74 Å². The summed E-state index contributed by atoms with van der Waals surface area (Å²) in [6.45, 7) is 5.52. The van der Waals surface area contributed by atoms with Crippen molar-refractivity contribution in [2.24, 2.45) is 0 Å². The monoisotopic (exact) mass is 251 g/mol. The van der Waals surface area contributed by atoms with Crippen molar-refractivity contribution in [3.63, 3.8) is 0 Å². The van der Waals surface area contributed by atoms with Crippen molar-refractivity contribution >= 4 is 23.0 Å². The van der Waals surface area contributed by atoms with Gasteiger partial charge in [-0.15, -0.1) is 17.0 Å². The van der Waals surface area contributed by atoms with Gasteiger partial charge < -0.3 is 9.64 Å². The number of hydrogen-bond donors (Lipinski definition) is 0. The smallest absolute Gasteiger partial charge is 0.307 e. The van der Waals surface area contributed by atoms with Gasteiger partial charge in [-0.2, -0.15) is 0 Å². The molecule has 0 radical (unpaired) electrons.